The van der Waals surface area contributed by atoms with E-state index in [2.05, 4.69) is 17.1 Å². The molecule has 0 bridgehead atoms. The summed E-state index contributed by atoms with van der Waals surface area (Å²) in [5.74, 6) is -0.295. The minimum atomic E-state index is -3.74. The van der Waals surface area contributed by atoms with Crippen molar-refractivity contribution in [3.8, 4) is 0 Å². The summed E-state index contributed by atoms with van der Waals surface area (Å²) in [6, 6.07) is 9.30. The molecule has 27 heavy (non-hydrogen) atoms. The van der Waals surface area contributed by atoms with Crippen molar-refractivity contribution in [1.82, 2.24) is 14.5 Å². The van der Waals surface area contributed by atoms with Crippen LogP contribution >= 0.6 is 0 Å². The van der Waals surface area contributed by atoms with Crippen molar-refractivity contribution in [2.75, 3.05) is 44.6 Å². The zero-order chi connectivity index (χ0) is 19.9. The lowest BCUT2D eigenvalue weighted by Gasteiger charge is -2.33. The second-order valence-corrected chi connectivity index (χ2v) is 9.28. The Morgan fingerprint density at radius 1 is 1.22 bits per heavy atom. The number of anilines is 1. The van der Waals surface area contributed by atoms with Crippen LogP contribution in [0.25, 0.3) is 0 Å². The molecule has 0 aromatic heterocycles. The fourth-order valence-electron chi connectivity index (χ4n) is 3.28. The fourth-order valence-corrected chi connectivity index (χ4v) is 4.35. The molecule has 1 heterocycles. The van der Waals surface area contributed by atoms with Gasteiger partial charge in [-0.15, -0.1) is 0 Å². The number of nitrogens with one attached hydrogen (secondary N) is 1. The van der Waals surface area contributed by atoms with Gasteiger partial charge in [-0.1, -0.05) is 24.6 Å². The highest BCUT2D eigenvalue weighted by molar-refractivity contribution is 7.90. The lowest BCUT2D eigenvalue weighted by Crippen LogP contribution is -2.46. The number of hydrogen-bond donors (Lipinski definition) is 1. The van der Waals surface area contributed by atoms with Crippen LogP contribution in [0.5, 0.6) is 0 Å². The number of benzene rings is 1. The number of carbonyl (C=O) groups excluding carboxylic acids is 1. The molecule has 0 unspecified atom stereocenters. The highest BCUT2D eigenvalue weighted by atomic mass is 32.2. The molecule has 1 aromatic rings. The zero-order valence-corrected chi connectivity index (χ0v) is 17.4. The molecule has 1 saturated heterocycles. The van der Waals surface area contributed by atoms with Crippen molar-refractivity contribution in [1.29, 1.82) is 0 Å². The Labute approximate surface area is 163 Å². The first-order valence-corrected chi connectivity index (χ1v) is 11.0. The summed E-state index contributed by atoms with van der Waals surface area (Å²) in [5.41, 5.74) is 0.475. The third-order valence-electron chi connectivity index (χ3n) is 4.96. The number of piperidine rings is 1. The molecule has 0 saturated carbocycles. The van der Waals surface area contributed by atoms with Gasteiger partial charge in [-0.25, -0.2) is 4.31 Å². The molecule has 1 N–H and O–H groups in total. The van der Waals surface area contributed by atoms with E-state index in [-0.39, 0.29) is 12.5 Å². The van der Waals surface area contributed by atoms with Gasteiger partial charge >= 0.3 is 10.2 Å². The van der Waals surface area contributed by atoms with Gasteiger partial charge in [0.05, 0.1) is 5.69 Å². The lowest BCUT2D eigenvalue weighted by molar-refractivity contribution is -0.119. The van der Waals surface area contributed by atoms with Crippen LogP contribution in [0.1, 0.15) is 32.6 Å². The van der Waals surface area contributed by atoms with Crippen LogP contribution in [0.15, 0.2) is 30.3 Å². The van der Waals surface area contributed by atoms with Crippen molar-refractivity contribution >= 4 is 21.8 Å². The molecule has 8 heteroatoms. The number of hydrogen-bond acceptors (Lipinski definition) is 4. The van der Waals surface area contributed by atoms with E-state index < -0.39 is 10.2 Å². The molecule has 1 aliphatic heterocycles. The molecular formula is C19H32N4O3S. The fraction of sp³-hybridized carbons (Fsp3) is 0.632. The maximum atomic E-state index is 12.6. The molecule has 1 amide bonds. The van der Waals surface area contributed by atoms with Crippen molar-refractivity contribution in [2.45, 2.75) is 38.6 Å². The number of carbonyl (C=O) groups is 1. The SMILES string of the molecule is C[C@H]1CCCCN1CCCNC(=O)CN(c1ccccc1)S(=O)(=O)N(C)C. The molecule has 1 aromatic carbocycles. The molecular weight excluding hydrogens is 364 g/mol. The number of likely N-dealkylation sites (tertiary alicyclic amines) is 1. The molecule has 2 rings (SSSR count). The van der Waals surface area contributed by atoms with Crippen molar-refractivity contribution < 1.29 is 13.2 Å². The van der Waals surface area contributed by atoms with E-state index >= 15 is 0 Å². The van der Waals surface area contributed by atoms with Crippen LogP contribution in [0.4, 0.5) is 5.69 Å². The van der Waals surface area contributed by atoms with Gasteiger partial charge in [0, 0.05) is 33.2 Å². The van der Waals surface area contributed by atoms with E-state index in [0.717, 1.165) is 28.1 Å². The standard InChI is InChI=1S/C19H32N4O3S/c1-17-10-7-8-14-22(17)15-9-13-20-19(24)16-23(27(25,26)21(2)3)18-11-5-4-6-12-18/h4-6,11-12,17H,7-10,13-16H2,1-3H3,(H,20,24)/t17-/m0/s1. The van der Waals surface area contributed by atoms with Crippen LogP contribution in [0.2, 0.25) is 0 Å². The molecule has 0 radical (unpaired) electrons. The predicted molar refractivity (Wildman–Crippen MR) is 109 cm³/mol. The number of amides is 1. The summed E-state index contributed by atoms with van der Waals surface area (Å²) in [7, 11) is -0.822. The van der Waals surface area contributed by atoms with Gasteiger partial charge in [0.2, 0.25) is 5.91 Å². The molecule has 0 aliphatic carbocycles. The monoisotopic (exact) mass is 396 g/mol. The summed E-state index contributed by atoms with van der Waals surface area (Å²) in [4.78, 5) is 14.8. The summed E-state index contributed by atoms with van der Waals surface area (Å²) >= 11 is 0. The van der Waals surface area contributed by atoms with Crippen molar-refractivity contribution in [3.05, 3.63) is 30.3 Å². The number of nitrogens with zero attached hydrogens (tertiary/aromatic N) is 3. The largest absolute Gasteiger partial charge is 0.354 e. The lowest BCUT2D eigenvalue weighted by atomic mass is 10.0. The summed E-state index contributed by atoms with van der Waals surface area (Å²) in [6.07, 6.45) is 4.64. The third kappa shape index (κ3) is 6.19. The Hall–Kier alpha value is -1.64. The number of para-hydroxylation sites is 1. The summed E-state index contributed by atoms with van der Waals surface area (Å²) in [6.45, 7) is 4.65. The number of rotatable bonds is 9. The highest BCUT2D eigenvalue weighted by Crippen LogP contribution is 2.18. The van der Waals surface area contributed by atoms with Gasteiger partial charge in [-0.05, 0) is 44.9 Å². The van der Waals surface area contributed by atoms with Gasteiger partial charge in [0.1, 0.15) is 6.54 Å². The Kier molecular flexibility index (Phi) is 8.07. The zero-order valence-electron chi connectivity index (χ0n) is 16.6. The molecule has 1 aliphatic rings. The first kappa shape index (κ1) is 21.7. The Morgan fingerprint density at radius 3 is 2.56 bits per heavy atom. The quantitative estimate of drug-likeness (QED) is 0.645. The van der Waals surface area contributed by atoms with Gasteiger partial charge in [0.25, 0.3) is 0 Å². The Bertz CT molecular complexity index is 694. The highest BCUT2D eigenvalue weighted by Gasteiger charge is 2.27. The molecule has 1 fully saturated rings. The van der Waals surface area contributed by atoms with Crippen LogP contribution < -0.4 is 9.62 Å². The van der Waals surface area contributed by atoms with Gasteiger partial charge < -0.3 is 10.2 Å². The van der Waals surface area contributed by atoms with Gasteiger partial charge in [-0.3, -0.25) is 4.79 Å². The van der Waals surface area contributed by atoms with E-state index in [1.54, 1.807) is 24.3 Å². The third-order valence-corrected chi connectivity index (χ3v) is 6.78. The van der Waals surface area contributed by atoms with Crippen molar-refractivity contribution in [3.63, 3.8) is 0 Å². The molecule has 7 nitrogen and oxygen atoms in total. The maximum absolute atomic E-state index is 12.6. The van der Waals surface area contributed by atoms with Crippen LogP contribution in [-0.2, 0) is 15.0 Å². The minimum absolute atomic E-state index is 0.232. The van der Waals surface area contributed by atoms with Gasteiger partial charge in [0.15, 0.2) is 0 Å². The average molecular weight is 397 g/mol. The van der Waals surface area contributed by atoms with Crippen molar-refractivity contribution in [2.24, 2.45) is 0 Å². The summed E-state index contributed by atoms with van der Waals surface area (Å²) in [5, 5.41) is 2.86. The van der Waals surface area contributed by atoms with Crippen LogP contribution in [0, 0.1) is 0 Å². The smallest absolute Gasteiger partial charge is 0.304 e. The Morgan fingerprint density at radius 2 is 1.93 bits per heavy atom. The average Bonchev–Trinajstić information content (AvgIpc) is 2.65. The minimum Gasteiger partial charge on any atom is -0.354 e. The first-order chi connectivity index (χ1) is 12.8. The summed E-state index contributed by atoms with van der Waals surface area (Å²) < 4.78 is 27.5. The molecule has 0 spiro atoms. The van der Waals surface area contributed by atoms with Gasteiger partial charge in [-0.2, -0.15) is 12.7 Å². The topological polar surface area (TPSA) is 73.0 Å². The van der Waals surface area contributed by atoms with E-state index in [0.29, 0.717) is 18.3 Å². The van der Waals surface area contributed by atoms with Crippen LogP contribution in [-0.4, -0.2) is 69.8 Å². The second-order valence-electron chi connectivity index (χ2n) is 7.22. The molecule has 152 valence electrons. The predicted octanol–water partition coefficient (Wildman–Crippen LogP) is 1.68. The van der Waals surface area contributed by atoms with E-state index in [9.17, 15) is 13.2 Å². The normalized spacial score (nSPS) is 18.4. The second kappa shape index (κ2) is 10.1. The van der Waals surface area contributed by atoms with E-state index in [1.165, 1.54) is 33.4 Å². The van der Waals surface area contributed by atoms with E-state index in [1.807, 2.05) is 6.07 Å². The Balaban J connectivity index is 1.88. The van der Waals surface area contributed by atoms with Crippen LogP contribution in [0.3, 0.4) is 0 Å². The first-order valence-electron chi connectivity index (χ1n) is 9.58. The van der Waals surface area contributed by atoms with E-state index in [4.69, 9.17) is 0 Å². The molecule has 1 atom stereocenters. The maximum Gasteiger partial charge on any atom is 0.304 e.